The number of nitrogens with one attached hydrogen (secondary N) is 1. The van der Waals surface area contributed by atoms with Gasteiger partial charge in [0.05, 0.1) is 24.1 Å². The molecule has 0 fully saturated rings. The average molecular weight is 509 g/mol. The number of sulfonamides is 1. The predicted octanol–water partition coefficient (Wildman–Crippen LogP) is 3.41. The van der Waals surface area contributed by atoms with Gasteiger partial charge in [-0.05, 0) is 35.2 Å². The molecule has 0 radical (unpaired) electrons. The van der Waals surface area contributed by atoms with Crippen LogP contribution < -0.4 is 19.9 Å². The molecular weight excluding hydrogens is 480 g/mol. The topological polar surface area (TPSA) is 115 Å². The van der Waals surface area contributed by atoms with Crippen molar-refractivity contribution in [3.8, 4) is 11.5 Å². The number of halogens is 1. The van der Waals surface area contributed by atoms with Gasteiger partial charge in [-0.15, -0.1) is 0 Å². The Labute approximate surface area is 205 Å². The van der Waals surface area contributed by atoms with E-state index in [-0.39, 0.29) is 38.6 Å². The zero-order chi connectivity index (χ0) is 25.3. The SMILES string of the molecule is COC1=C(Oc2cc(OC)ccc2Cl)C(NS(=O)(=O)c2ccc(C(C)(C)C)cc2)=NC(N)N1C. The Hall–Kier alpha value is -2.95. The lowest BCUT2D eigenvalue weighted by molar-refractivity contribution is 0.124. The minimum atomic E-state index is -4.03. The fraction of sp³-hybridized carbons (Fsp3) is 0.348. The molecule has 0 aliphatic carbocycles. The van der Waals surface area contributed by atoms with Crippen LogP contribution in [0.4, 0.5) is 0 Å². The summed E-state index contributed by atoms with van der Waals surface area (Å²) in [5, 5.41) is 0.279. The summed E-state index contributed by atoms with van der Waals surface area (Å²) in [6.45, 7) is 6.15. The van der Waals surface area contributed by atoms with E-state index in [0.29, 0.717) is 5.75 Å². The Bertz CT molecular complexity index is 1220. The Kier molecular flexibility index (Phi) is 7.35. The van der Waals surface area contributed by atoms with Gasteiger partial charge in [-0.1, -0.05) is 44.5 Å². The van der Waals surface area contributed by atoms with Gasteiger partial charge in [0, 0.05) is 13.1 Å². The van der Waals surface area contributed by atoms with E-state index >= 15 is 0 Å². The van der Waals surface area contributed by atoms with E-state index < -0.39 is 16.3 Å². The fourth-order valence-electron chi connectivity index (χ4n) is 3.18. The van der Waals surface area contributed by atoms with Crippen molar-refractivity contribution in [3.05, 3.63) is 64.7 Å². The lowest BCUT2D eigenvalue weighted by Crippen LogP contribution is -2.47. The van der Waals surface area contributed by atoms with E-state index in [4.69, 9.17) is 31.5 Å². The number of nitrogens with zero attached hydrogens (tertiary/aromatic N) is 2. The first-order valence-corrected chi connectivity index (χ1v) is 12.2. The molecule has 0 amide bonds. The number of ether oxygens (including phenoxy) is 3. The van der Waals surface area contributed by atoms with Crippen molar-refractivity contribution < 1.29 is 22.6 Å². The van der Waals surface area contributed by atoms with Gasteiger partial charge in [-0.3, -0.25) is 10.5 Å². The highest BCUT2D eigenvalue weighted by Crippen LogP contribution is 2.32. The minimum absolute atomic E-state index is 0.00302. The second-order valence-electron chi connectivity index (χ2n) is 8.62. The highest BCUT2D eigenvalue weighted by atomic mass is 35.5. The summed E-state index contributed by atoms with van der Waals surface area (Å²) < 4.78 is 45.6. The summed E-state index contributed by atoms with van der Waals surface area (Å²) in [6.07, 6.45) is -0.913. The maximum absolute atomic E-state index is 13.2. The van der Waals surface area contributed by atoms with E-state index in [9.17, 15) is 8.42 Å². The van der Waals surface area contributed by atoms with E-state index in [1.807, 2.05) is 20.8 Å². The summed E-state index contributed by atoms with van der Waals surface area (Å²) in [5.41, 5.74) is 6.96. The van der Waals surface area contributed by atoms with Crippen LogP contribution in [-0.2, 0) is 20.2 Å². The fourth-order valence-corrected chi connectivity index (χ4v) is 4.35. The Balaban J connectivity index is 2.01. The first kappa shape index (κ1) is 25.7. The molecule has 1 unspecified atom stereocenters. The van der Waals surface area contributed by atoms with Gasteiger partial charge in [0.2, 0.25) is 11.6 Å². The molecule has 1 aliphatic rings. The number of rotatable bonds is 6. The van der Waals surface area contributed by atoms with Crippen LogP contribution >= 0.6 is 11.6 Å². The van der Waals surface area contributed by atoms with E-state index in [0.717, 1.165) is 5.56 Å². The molecule has 0 spiro atoms. The van der Waals surface area contributed by atoms with Crippen LogP contribution in [0.3, 0.4) is 0 Å². The highest BCUT2D eigenvalue weighted by Gasteiger charge is 2.32. The molecule has 0 saturated heterocycles. The van der Waals surface area contributed by atoms with Crippen LogP contribution in [-0.4, -0.2) is 46.7 Å². The van der Waals surface area contributed by atoms with Crippen molar-refractivity contribution in [1.29, 1.82) is 0 Å². The first-order chi connectivity index (χ1) is 15.9. The van der Waals surface area contributed by atoms with Crippen molar-refractivity contribution >= 4 is 27.5 Å². The molecule has 1 heterocycles. The number of hydrogen-bond donors (Lipinski definition) is 2. The van der Waals surface area contributed by atoms with Crippen molar-refractivity contribution in [1.82, 2.24) is 9.62 Å². The Morgan fingerprint density at radius 2 is 1.74 bits per heavy atom. The molecule has 2 aromatic carbocycles. The van der Waals surface area contributed by atoms with Crippen LogP contribution in [0, 0.1) is 0 Å². The standard InChI is InChI=1S/C23H29ClN4O5S/c1-23(2,3)14-7-10-16(11-8-14)34(29,30)27-20-19(21(32-6)28(4)22(25)26-20)33-18-13-15(31-5)9-12-17(18)24/h7-13,22H,25H2,1-6H3,(H,26,27). The molecule has 1 aliphatic heterocycles. The van der Waals surface area contributed by atoms with Crippen LogP contribution in [0.25, 0.3) is 0 Å². The molecule has 0 bridgehead atoms. The number of amidine groups is 1. The van der Waals surface area contributed by atoms with E-state index in [2.05, 4.69) is 9.71 Å². The maximum atomic E-state index is 13.2. The van der Waals surface area contributed by atoms with Gasteiger partial charge in [-0.25, -0.2) is 13.4 Å². The van der Waals surface area contributed by atoms with Crippen LogP contribution in [0.5, 0.6) is 11.5 Å². The predicted molar refractivity (Wildman–Crippen MR) is 131 cm³/mol. The molecule has 2 aromatic rings. The smallest absolute Gasteiger partial charge is 0.263 e. The van der Waals surface area contributed by atoms with Crippen LogP contribution in [0.2, 0.25) is 5.02 Å². The largest absolute Gasteiger partial charge is 0.497 e. The third-order valence-corrected chi connectivity index (χ3v) is 6.86. The normalized spacial score (nSPS) is 16.8. The molecule has 3 N–H and O–H groups in total. The van der Waals surface area contributed by atoms with Crippen molar-refractivity contribution in [2.45, 2.75) is 37.4 Å². The second-order valence-corrected chi connectivity index (χ2v) is 10.7. The summed E-state index contributed by atoms with van der Waals surface area (Å²) in [6, 6.07) is 11.5. The molecule has 11 heteroatoms. The lowest BCUT2D eigenvalue weighted by atomic mass is 9.87. The number of methoxy groups -OCH3 is 2. The number of nitrogens with two attached hydrogens (primary N) is 1. The van der Waals surface area contributed by atoms with E-state index in [1.165, 1.54) is 19.1 Å². The number of benzene rings is 2. The van der Waals surface area contributed by atoms with Crippen molar-refractivity contribution in [3.63, 3.8) is 0 Å². The maximum Gasteiger partial charge on any atom is 0.263 e. The molecule has 0 saturated carbocycles. The van der Waals surface area contributed by atoms with Crippen molar-refractivity contribution in [2.24, 2.45) is 10.7 Å². The van der Waals surface area contributed by atoms with Gasteiger partial charge in [0.1, 0.15) is 11.5 Å². The Morgan fingerprint density at radius 1 is 1.09 bits per heavy atom. The van der Waals surface area contributed by atoms with Gasteiger partial charge >= 0.3 is 0 Å². The zero-order valence-electron chi connectivity index (χ0n) is 19.9. The second kappa shape index (κ2) is 9.73. The molecule has 3 rings (SSSR count). The monoisotopic (exact) mass is 508 g/mol. The average Bonchev–Trinajstić information content (AvgIpc) is 2.78. The van der Waals surface area contributed by atoms with Gasteiger partial charge in [-0.2, -0.15) is 0 Å². The van der Waals surface area contributed by atoms with Gasteiger partial charge in [0.15, 0.2) is 12.1 Å². The molecule has 0 aromatic heterocycles. The summed E-state index contributed by atoms with van der Waals surface area (Å²) in [7, 11) is 0.534. The Morgan fingerprint density at radius 3 is 2.29 bits per heavy atom. The summed E-state index contributed by atoms with van der Waals surface area (Å²) in [4.78, 5) is 5.83. The minimum Gasteiger partial charge on any atom is -0.497 e. The molecule has 1 atom stereocenters. The van der Waals surface area contributed by atoms with Gasteiger partial charge in [0.25, 0.3) is 10.0 Å². The number of aliphatic imine (C=N–C) groups is 1. The third kappa shape index (κ3) is 5.40. The zero-order valence-corrected chi connectivity index (χ0v) is 21.5. The molecule has 184 valence electrons. The van der Waals surface area contributed by atoms with Crippen LogP contribution in [0.1, 0.15) is 26.3 Å². The first-order valence-electron chi connectivity index (χ1n) is 10.4. The summed E-state index contributed by atoms with van der Waals surface area (Å²) >= 11 is 6.30. The highest BCUT2D eigenvalue weighted by molar-refractivity contribution is 7.90. The summed E-state index contributed by atoms with van der Waals surface area (Å²) in [5.74, 6) is 0.758. The molecule has 9 nitrogen and oxygen atoms in total. The molecule has 34 heavy (non-hydrogen) atoms. The van der Waals surface area contributed by atoms with Crippen molar-refractivity contribution in [2.75, 3.05) is 21.3 Å². The number of hydrogen-bond acceptors (Lipinski definition) is 8. The van der Waals surface area contributed by atoms with Crippen LogP contribution in [0.15, 0.2) is 64.0 Å². The molecular formula is C23H29ClN4O5S. The van der Waals surface area contributed by atoms with Gasteiger partial charge < -0.3 is 19.1 Å². The quantitative estimate of drug-likeness (QED) is 0.614. The van der Waals surface area contributed by atoms with E-state index in [1.54, 1.807) is 49.5 Å². The third-order valence-electron chi connectivity index (χ3n) is 5.19. The lowest BCUT2D eigenvalue weighted by Gasteiger charge is -2.32.